The van der Waals surface area contributed by atoms with Gasteiger partial charge in [-0.2, -0.15) is 0 Å². The number of fused-ring (bicyclic) bond motifs is 1. The van der Waals surface area contributed by atoms with Crippen molar-refractivity contribution in [3.05, 3.63) is 41.5 Å². The molecule has 0 aromatic heterocycles. The lowest BCUT2D eigenvalue weighted by Crippen LogP contribution is -2.26. The standard InChI is InChI=1S/C13H15O3/c1-14-11-8-12(15-2)13(16-3)10-7-5-4-6-9(10)11/h4-7,12-13H,1-3H3. The van der Waals surface area contributed by atoms with E-state index in [1.165, 1.54) is 0 Å². The van der Waals surface area contributed by atoms with Gasteiger partial charge in [0.15, 0.2) is 0 Å². The molecule has 1 aromatic carbocycles. The number of methoxy groups -OCH3 is 3. The molecule has 0 spiro atoms. The minimum absolute atomic E-state index is 0.125. The first-order chi connectivity index (χ1) is 7.81. The van der Waals surface area contributed by atoms with Gasteiger partial charge in [0, 0.05) is 25.9 Å². The van der Waals surface area contributed by atoms with Crippen LogP contribution in [0.5, 0.6) is 0 Å². The Morgan fingerprint density at radius 3 is 2.44 bits per heavy atom. The zero-order chi connectivity index (χ0) is 11.5. The summed E-state index contributed by atoms with van der Waals surface area (Å²) in [5.74, 6) is 0.718. The predicted molar refractivity (Wildman–Crippen MR) is 60.6 cm³/mol. The average molecular weight is 219 g/mol. The molecule has 0 heterocycles. The Hall–Kier alpha value is -1.32. The maximum absolute atomic E-state index is 5.46. The number of rotatable bonds is 3. The summed E-state index contributed by atoms with van der Waals surface area (Å²) in [4.78, 5) is 0. The van der Waals surface area contributed by atoms with Gasteiger partial charge in [-0.3, -0.25) is 0 Å². The molecule has 3 heteroatoms. The minimum atomic E-state index is -0.227. The van der Waals surface area contributed by atoms with Crippen LogP contribution in [-0.4, -0.2) is 27.4 Å². The zero-order valence-electron chi connectivity index (χ0n) is 9.69. The summed E-state index contributed by atoms with van der Waals surface area (Å²) < 4.78 is 16.1. The van der Waals surface area contributed by atoms with E-state index in [2.05, 4.69) is 6.08 Å². The molecule has 0 N–H and O–H groups in total. The lowest BCUT2D eigenvalue weighted by atomic mass is 9.91. The molecule has 1 radical (unpaired) electrons. The summed E-state index contributed by atoms with van der Waals surface area (Å²) in [7, 11) is 4.96. The van der Waals surface area contributed by atoms with Crippen molar-refractivity contribution in [2.24, 2.45) is 0 Å². The summed E-state index contributed by atoms with van der Waals surface area (Å²) in [6.45, 7) is 0. The van der Waals surface area contributed by atoms with Crippen molar-refractivity contribution in [3.8, 4) is 0 Å². The van der Waals surface area contributed by atoms with E-state index >= 15 is 0 Å². The molecule has 16 heavy (non-hydrogen) atoms. The molecular weight excluding hydrogens is 204 g/mol. The molecule has 2 rings (SSSR count). The van der Waals surface area contributed by atoms with Crippen LogP contribution in [-0.2, 0) is 14.2 Å². The first-order valence-corrected chi connectivity index (χ1v) is 5.14. The van der Waals surface area contributed by atoms with Crippen molar-refractivity contribution < 1.29 is 14.2 Å². The van der Waals surface area contributed by atoms with Gasteiger partial charge in [0.1, 0.15) is 18.0 Å². The topological polar surface area (TPSA) is 27.7 Å². The van der Waals surface area contributed by atoms with E-state index in [4.69, 9.17) is 14.2 Å². The Kier molecular flexibility index (Phi) is 3.27. The highest BCUT2D eigenvalue weighted by molar-refractivity contribution is 5.64. The van der Waals surface area contributed by atoms with Crippen LogP contribution in [0.4, 0.5) is 0 Å². The Labute approximate surface area is 95.6 Å². The average Bonchev–Trinajstić information content (AvgIpc) is 2.36. The van der Waals surface area contributed by atoms with Crippen LogP contribution in [0.25, 0.3) is 5.76 Å². The molecule has 1 aliphatic rings. The van der Waals surface area contributed by atoms with Crippen LogP contribution in [0.15, 0.2) is 24.3 Å². The molecule has 0 bridgehead atoms. The second-order valence-electron chi connectivity index (χ2n) is 3.58. The summed E-state index contributed by atoms with van der Waals surface area (Å²) in [5, 5.41) is 0. The normalized spacial score (nSPS) is 23.6. The fourth-order valence-electron chi connectivity index (χ4n) is 2.00. The summed E-state index contributed by atoms with van der Waals surface area (Å²) in [5.41, 5.74) is 2.10. The first-order valence-electron chi connectivity index (χ1n) is 5.14. The van der Waals surface area contributed by atoms with Crippen LogP contribution in [0.3, 0.4) is 0 Å². The minimum Gasteiger partial charge on any atom is -0.496 e. The summed E-state index contributed by atoms with van der Waals surface area (Å²) in [6, 6.07) is 7.98. The van der Waals surface area contributed by atoms with E-state index in [1.807, 2.05) is 24.3 Å². The highest BCUT2D eigenvalue weighted by atomic mass is 16.5. The number of hydrogen-bond donors (Lipinski definition) is 0. The van der Waals surface area contributed by atoms with Gasteiger partial charge >= 0.3 is 0 Å². The number of hydrogen-bond acceptors (Lipinski definition) is 3. The lowest BCUT2D eigenvalue weighted by molar-refractivity contribution is -0.0194. The van der Waals surface area contributed by atoms with Crippen LogP contribution in [0.1, 0.15) is 17.2 Å². The zero-order valence-corrected chi connectivity index (χ0v) is 9.69. The summed E-state index contributed by atoms with van der Waals surface area (Å²) in [6.07, 6.45) is 2.81. The van der Waals surface area contributed by atoms with Crippen LogP contribution in [0.2, 0.25) is 0 Å². The van der Waals surface area contributed by atoms with E-state index in [0.717, 1.165) is 16.9 Å². The smallest absolute Gasteiger partial charge is 0.132 e. The maximum Gasteiger partial charge on any atom is 0.132 e. The Morgan fingerprint density at radius 1 is 1.06 bits per heavy atom. The third-order valence-electron chi connectivity index (χ3n) is 2.77. The molecule has 2 atom stereocenters. The SMILES string of the molecule is COC1=[C]C(OC)C(OC)c2ccccc21. The van der Waals surface area contributed by atoms with E-state index < -0.39 is 0 Å². The maximum atomic E-state index is 5.46. The van der Waals surface area contributed by atoms with Crippen molar-refractivity contribution >= 4 is 5.76 Å². The highest BCUT2D eigenvalue weighted by Crippen LogP contribution is 2.35. The quantitative estimate of drug-likeness (QED) is 0.780. The fraction of sp³-hybridized carbons (Fsp3) is 0.385. The van der Waals surface area contributed by atoms with Crippen LogP contribution < -0.4 is 0 Å². The number of benzene rings is 1. The molecule has 0 amide bonds. The van der Waals surface area contributed by atoms with Gasteiger partial charge < -0.3 is 14.2 Å². The molecule has 1 aromatic rings. The molecular formula is C13H15O3. The summed E-state index contributed by atoms with van der Waals surface area (Å²) >= 11 is 0. The fourth-order valence-corrected chi connectivity index (χ4v) is 2.00. The van der Waals surface area contributed by atoms with Crippen LogP contribution in [0, 0.1) is 6.08 Å². The molecule has 1 aliphatic carbocycles. The molecule has 3 nitrogen and oxygen atoms in total. The van der Waals surface area contributed by atoms with Crippen LogP contribution >= 0.6 is 0 Å². The number of ether oxygens (including phenoxy) is 3. The Bertz CT molecular complexity index is 398. The van der Waals surface area contributed by atoms with Crippen molar-refractivity contribution in [2.45, 2.75) is 12.2 Å². The predicted octanol–water partition coefficient (Wildman–Crippen LogP) is 2.19. The van der Waals surface area contributed by atoms with Gasteiger partial charge in [0.05, 0.1) is 7.11 Å². The second-order valence-corrected chi connectivity index (χ2v) is 3.58. The van der Waals surface area contributed by atoms with Crippen molar-refractivity contribution in [1.29, 1.82) is 0 Å². The third kappa shape index (κ3) is 1.72. The monoisotopic (exact) mass is 219 g/mol. The molecule has 0 saturated heterocycles. The van der Waals surface area contributed by atoms with Gasteiger partial charge in [-0.05, 0) is 5.56 Å². The van der Waals surface area contributed by atoms with Gasteiger partial charge in [-0.15, -0.1) is 0 Å². The van der Waals surface area contributed by atoms with Crippen molar-refractivity contribution in [3.63, 3.8) is 0 Å². The second kappa shape index (κ2) is 4.68. The Morgan fingerprint density at radius 2 is 1.81 bits per heavy atom. The molecule has 85 valence electrons. The van der Waals surface area contributed by atoms with Crippen molar-refractivity contribution in [2.75, 3.05) is 21.3 Å². The van der Waals surface area contributed by atoms with E-state index in [-0.39, 0.29) is 12.2 Å². The van der Waals surface area contributed by atoms with E-state index in [9.17, 15) is 0 Å². The van der Waals surface area contributed by atoms with Crippen molar-refractivity contribution in [1.82, 2.24) is 0 Å². The molecule has 0 fully saturated rings. The van der Waals surface area contributed by atoms with E-state index in [1.54, 1.807) is 21.3 Å². The Balaban J connectivity index is 2.50. The highest BCUT2D eigenvalue weighted by Gasteiger charge is 2.30. The van der Waals surface area contributed by atoms with Gasteiger partial charge in [0.25, 0.3) is 0 Å². The largest absolute Gasteiger partial charge is 0.496 e. The lowest BCUT2D eigenvalue weighted by Gasteiger charge is -2.29. The van der Waals surface area contributed by atoms with Gasteiger partial charge in [-0.25, -0.2) is 0 Å². The molecule has 2 unspecified atom stereocenters. The van der Waals surface area contributed by atoms with E-state index in [0.29, 0.717) is 0 Å². The molecule has 0 saturated carbocycles. The third-order valence-corrected chi connectivity index (χ3v) is 2.77. The van der Waals surface area contributed by atoms with Gasteiger partial charge in [0.2, 0.25) is 0 Å². The van der Waals surface area contributed by atoms with Gasteiger partial charge in [-0.1, -0.05) is 24.3 Å². The first kappa shape index (κ1) is 11.2. The molecule has 0 aliphatic heterocycles.